The molecule has 0 fully saturated rings. The van der Waals surface area contributed by atoms with Gasteiger partial charge in [0.1, 0.15) is 12.2 Å². The molecule has 2 atom stereocenters. The van der Waals surface area contributed by atoms with Crippen LogP contribution in [-0.4, -0.2) is 33.1 Å². The van der Waals surface area contributed by atoms with E-state index in [2.05, 4.69) is 0 Å². The van der Waals surface area contributed by atoms with Gasteiger partial charge < -0.3 is 19.5 Å². The van der Waals surface area contributed by atoms with E-state index in [1.54, 1.807) is 24.3 Å². The van der Waals surface area contributed by atoms with Crippen LogP contribution in [0.4, 0.5) is 0 Å². The molecule has 0 amide bonds. The number of rotatable bonds is 5. The van der Waals surface area contributed by atoms with Crippen molar-refractivity contribution in [2.24, 2.45) is 5.92 Å². The standard InChI is InChI=1S/C17H15O6P/c18-16(19)9-11(17(20)21)10-24(22)15-8-4-2-6-13(15)12-5-1-3-7-14(12)23-24/h1-8,11H,9-10H2,(H,18,19)(H,20,21)/p+1. The smallest absolute Gasteiger partial charge is 0.481 e. The van der Waals surface area contributed by atoms with Gasteiger partial charge in [0.25, 0.3) is 7.37 Å². The lowest BCUT2D eigenvalue weighted by molar-refractivity contribution is -0.140. The molecule has 2 aromatic carbocycles. The zero-order chi connectivity index (χ0) is 17.3. The number of hydrogen-bond acceptors (Lipinski definition) is 3. The molecule has 1 heterocycles. The highest BCUT2D eigenvalue weighted by Crippen LogP contribution is 2.55. The number of hydrogen-bond donors (Lipinski definition) is 2. The van der Waals surface area contributed by atoms with E-state index >= 15 is 0 Å². The highest BCUT2D eigenvalue weighted by molar-refractivity contribution is 7.67. The van der Waals surface area contributed by atoms with E-state index in [1.165, 1.54) is 0 Å². The van der Waals surface area contributed by atoms with E-state index in [0.717, 1.165) is 11.1 Å². The fraction of sp³-hybridized carbons (Fsp3) is 0.176. The summed E-state index contributed by atoms with van der Waals surface area (Å²) in [7, 11) is -3.52. The molecule has 124 valence electrons. The van der Waals surface area contributed by atoms with Gasteiger partial charge in [0.2, 0.25) is 0 Å². The Hall–Kier alpha value is -2.59. The van der Waals surface area contributed by atoms with Crippen molar-refractivity contribution < 1.29 is 28.9 Å². The summed E-state index contributed by atoms with van der Waals surface area (Å²) in [6.45, 7) is 0. The maximum Gasteiger partial charge on any atom is 0.481 e. The van der Waals surface area contributed by atoms with E-state index in [0.29, 0.717) is 11.1 Å². The third kappa shape index (κ3) is 2.93. The number of carboxylic acids is 2. The van der Waals surface area contributed by atoms with Crippen LogP contribution >= 0.6 is 7.37 Å². The quantitative estimate of drug-likeness (QED) is 0.639. The number of carboxylic acid groups (broad SMARTS) is 2. The summed E-state index contributed by atoms with van der Waals surface area (Å²) in [5.41, 5.74) is 1.53. The molecule has 0 spiro atoms. The predicted octanol–water partition coefficient (Wildman–Crippen LogP) is 2.80. The number of fused-ring (bicyclic) bond motifs is 3. The summed E-state index contributed by atoms with van der Waals surface area (Å²) >= 11 is 0. The van der Waals surface area contributed by atoms with E-state index in [1.807, 2.05) is 24.3 Å². The minimum absolute atomic E-state index is 0.321. The molecule has 24 heavy (non-hydrogen) atoms. The van der Waals surface area contributed by atoms with Crippen molar-refractivity contribution in [1.29, 1.82) is 0 Å². The Morgan fingerprint density at radius 2 is 1.71 bits per heavy atom. The van der Waals surface area contributed by atoms with Crippen molar-refractivity contribution in [3.05, 3.63) is 48.5 Å². The zero-order valence-electron chi connectivity index (χ0n) is 12.6. The lowest BCUT2D eigenvalue weighted by Gasteiger charge is -2.29. The second kappa shape index (κ2) is 6.13. The molecule has 1 aliphatic rings. The maximum atomic E-state index is 13.5. The van der Waals surface area contributed by atoms with Crippen LogP contribution in [-0.2, 0) is 9.36 Å². The fourth-order valence-electron chi connectivity index (χ4n) is 2.85. The number of aliphatic hydroxyl groups excluding tert-OH is 1. The van der Waals surface area contributed by atoms with Crippen LogP contribution in [0.5, 0.6) is 5.75 Å². The highest BCUT2D eigenvalue weighted by atomic mass is 31.2. The molecule has 0 radical (unpaired) electrons. The third-order valence-electron chi connectivity index (χ3n) is 3.93. The average molecular weight is 347 g/mol. The summed E-state index contributed by atoms with van der Waals surface area (Å²) in [5.74, 6) is -3.05. The monoisotopic (exact) mass is 347 g/mol. The molecule has 3 rings (SSSR count). The molecule has 6 nitrogen and oxygen atoms in total. The van der Waals surface area contributed by atoms with Gasteiger partial charge in [-0.3, -0.25) is 9.36 Å². The van der Waals surface area contributed by atoms with Crippen molar-refractivity contribution in [2.75, 3.05) is 6.16 Å². The first-order valence-corrected chi connectivity index (χ1v) is 9.16. The highest BCUT2D eigenvalue weighted by Gasteiger charge is 2.41. The van der Waals surface area contributed by atoms with Crippen LogP contribution < -0.4 is 9.83 Å². The Labute approximate surface area is 138 Å². The summed E-state index contributed by atoms with van der Waals surface area (Å²) in [6, 6.07) is 14.1. The largest absolute Gasteiger partial charge is 0.481 e. The molecule has 3 N–H and O–H groups in total. The predicted molar refractivity (Wildman–Crippen MR) is 89.9 cm³/mol. The SMILES string of the molecule is O=C(O)C(CC(O)=[OH+])CP1(=O)Oc2ccccc2-c2ccccc21. The summed E-state index contributed by atoms with van der Waals surface area (Å²) in [5, 5.41) is 18.8. The molecule has 2 unspecified atom stereocenters. The van der Waals surface area contributed by atoms with Gasteiger partial charge in [0, 0.05) is 5.56 Å². The third-order valence-corrected chi connectivity index (χ3v) is 6.47. The fourth-order valence-corrected chi connectivity index (χ4v) is 5.44. The van der Waals surface area contributed by atoms with Crippen molar-refractivity contribution in [3.63, 3.8) is 0 Å². The average Bonchev–Trinajstić information content (AvgIpc) is 2.54. The van der Waals surface area contributed by atoms with Crippen molar-refractivity contribution >= 4 is 24.6 Å². The number of benzene rings is 2. The molecular weight excluding hydrogens is 331 g/mol. The number of carbonyl (C=O) groups is 1. The molecule has 1 aliphatic heterocycles. The van der Waals surface area contributed by atoms with E-state index in [9.17, 15) is 14.5 Å². The Morgan fingerprint density at radius 3 is 2.38 bits per heavy atom. The minimum atomic E-state index is -3.52. The first-order chi connectivity index (χ1) is 11.4. The summed E-state index contributed by atoms with van der Waals surface area (Å²) in [4.78, 5) is 20.4. The van der Waals surface area contributed by atoms with Crippen LogP contribution in [0.15, 0.2) is 48.5 Å². The second-order valence-electron chi connectivity index (χ2n) is 5.62. The first kappa shape index (κ1) is 16.3. The molecule has 0 saturated heterocycles. The molecule has 0 bridgehead atoms. The molecule has 0 saturated carbocycles. The second-order valence-corrected chi connectivity index (χ2v) is 7.99. The first-order valence-electron chi connectivity index (χ1n) is 7.35. The molecule has 0 aliphatic carbocycles. The van der Waals surface area contributed by atoms with Crippen LogP contribution in [0, 0.1) is 5.92 Å². The Kier molecular flexibility index (Phi) is 4.16. The number of aliphatic carboxylic acids is 2. The van der Waals surface area contributed by atoms with E-state index in [-0.39, 0.29) is 6.16 Å². The van der Waals surface area contributed by atoms with Crippen LogP contribution in [0.25, 0.3) is 11.1 Å². The lowest BCUT2D eigenvalue weighted by Crippen LogP contribution is -2.28. The van der Waals surface area contributed by atoms with Gasteiger partial charge in [0.05, 0.1) is 17.4 Å². The Bertz CT molecular complexity index is 860. The van der Waals surface area contributed by atoms with Crippen molar-refractivity contribution in [2.45, 2.75) is 6.42 Å². The molecule has 0 aromatic heterocycles. The zero-order valence-corrected chi connectivity index (χ0v) is 13.5. The Morgan fingerprint density at radius 1 is 1.08 bits per heavy atom. The van der Waals surface area contributed by atoms with Crippen molar-refractivity contribution in [1.82, 2.24) is 0 Å². The van der Waals surface area contributed by atoms with Crippen molar-refractivity contribution in [3.8, 4) is 16.9 Å². The Balaban J connectivity index is 2.06. The van der Waals surface area contributed by atoms with Gasteiger partial charge in [-0.2, -0.15) is 0 Å². The van der Waals surface area contributed by atoms with Crippen LogP contribution in [0.2, 0.25) is 0 Å². The van der Waals surface area contributed by atoms with E-state index < -0.39 is 31.6 Å². The topological polar surface area (TPSA) is 105 Å². The summed E-state index contributed by atoms with van der Waals surface area (Å²) < 4.78 is 19.2. The van der Waals surface area contributed by atoms with Gasteiger partial charge in [-0.25, -0.2) is 0 Å². The molecular formula is C17H16O6P+. The van der Waals surface area contributed by atoms with Gasteiger partial charge in [-0.1, -0.05) is 36.4 Å². The lowest BCUT2D eigenvalue weighted by atomic mass is 10.0. The molecule has 2 aromatic rings. The number of para-hydroxylation sites is 1. The van der Waals surface area contributed by atoms with Gasteiger partial charge >= 0.3 is 11.9 Å². The summed E-state index contributed by atoms with van der Waals surface area (Å²) in [6.07, 6.45) is -0.815. The van der Waals surface area contributed by atoms with Gasteiger partial charge in [0.15, 0.2) is 0 Å². The van der Waals surface area contributed by atoms with Crippen LogP contribution in [0.3, 0.4) is 0 Å². The maximum absolute atomic E-state index is 13.5. The van der Waals surface area contributed by atoms with E-state index in [4.69, 9.17) is 14.4 Å². The van der Waals surface area contributed by atoms with Crippen LogP contribution in [0.1, 0.15) is 6.42 Å². The molecule has 7 heteroatoms. The van der Waals surface area contributed by atoms with Gasteiger partial charge in [-0.05, 0) is 17.7 Å². The van der Waals surface area contributed by atoms with Gasteiger partial charge in [-0.15, -0.1) is 0 Å². The normalized spacial score (nSPS) is 19.5. The minimum Gasteiger partial charge on any atom is -0.481 e.